The number of nitrogens with one attached hydrogen (secondary N) is 1. The number of unbranched alkanes of at least 4 members (excludes halogenated alkanes) is 1. The Morgan fingerprint density at radius 3 is 2.50 bits per heavy atom. The maximum atomic E-state index is 12.2. The van der Waals surface area contributed by atoms with Crippen molar-refractivity contribution in [3.8, 4) is 0 Å². The van der Waals surface area contributed by atoms with Gasteiger partial charge in [0.05, 0.1) is 5.75 Å². The molecule has 0 radical (unpaired) electrons. The molecular formula is C13H26N2O2S. The van der Waals surface area contributed by atoms with E-state index in [9.17, 15) is 8.42 Å². The minimum atomic E-state index is -3.02. The molecular weight excluding hydrogens is 248 g/mol. The van der Waals surface area contributed by atoms with Crippen LogP contribution in [0.1, 0.15) is 46.0 Å². The third-order valence-electron chi connectivity index (χ3n) is 3.92. The van der Waals surface area contributed by atoms with E-state index >= 15 is 0 Å². The van der Waals surface area contributed by atoms with E-state index in [1.807, 2.05) is 6.92 Å². The predicted octanol–water partition coefficient (Wildman–Crippen LogP) is 1.58. The van der Waals surface area contributed by atoms with Crippen molar-refractivity contribution in [2.45, 2.75) is 58.0 Å². The second kappa shape index (κ2) is 5.88. The summed E-state index contributed by atoms with van der Waals surface area (Å²) in [5, 5.41) is 3.42. The van der Waals surface area contributed by atoms with Crippen LogP contribution >= 0.6 is 0 Å². The van der Waals surface area contributed by atoms with Gasteiger partial charge in [0.2, 0.25) is 10.0 Å². The van der Waals surface area contributed by atoms with Gasteiger partial charge in [0.1, 0.15) is 0 Å². The molecule has 2 atom stereocenters. The third kappa shape index (κ3) is 3.93. The summed E-state index contributed by atoms with van der Waals surface area (Å²) in [6.45, 7) is 5.83. The molecule has 2 aliphatic rings. The van der Waals surface area contributed by atoms with Crippen molar-refractivity contribution in [2.24, 2.45) is 5.92 Å². The summed E-state index contributed by atoms with van der Waals surface area (Å²) in [5.41, 5.74) is 0. The Bertz CT molecular complexity index is 365. The molecule has 5 heteroatoms. The molecule has 2 rings (SSSR count). The SMILES string of the molecule is CC1CC(C)N(S(=O)(=O)CCCCNC2CC2)C1. The number of hydrogen-bond donors (Lipinski definition) is 1. The zero-order valence-corrected chi connectivity index (χ0v) is 12.4. The minimum absolute atomic E-state index is 0.189. The highest BCUT2D eigenvalue weighted by Gasteiger charge is 2.34. The molecule has 2 fully saturated rings. The predicted molar refractivity (Wildman–Crippen MR) is 74.0 cm³/mol. The van der Waals surface area contributed by atoms with Crippen LogP contribution in [0.4, 0.5) is 0 Å². The summed E-state index contributed by atoms with van der Waals surface area (Å²) in [6.07, 6.45) is 5.33. The average Bonchev–Trinajstić information content (AvgIpc) is 3.03. The number of sulfonamides is 1. The van der Waals surface area contributed by atoms with Crippen molar-refractivity contribution in [3.05, 3.63) is 0 Å². The summed E-state index contributed by atoms with van der Waals surface area (Å²) in [4.78, 5) is 0. The Balaban J connectivity index is 1.69. The van der Waals surface area contributed by atoms with Crippen LogP contribution in [0.15, 0.2) is 0 Å². The van der Waals surface area contributed by atoms with E-state index in [4.69, 9.17) is 0 Å². The third-order valence-corrected chi connectivity index (χ3v) is 5.95. The summed E-state index contributed by atoms with van der Waals surface area (Å²) < 4.78 is 26.1. The van der Waals surface area contributed by atoms with Crippen LogP contribution in [0.2, 0.25) is 0 Å². The highest BCUT2D eigenvalue weighted by Crippen LogP contribution is 2.25. The normalized spacial score (nSPS) is 29.9. The summed E-state index contributed by atoms with van der Waals surface area (Å²) in [7, 11) is -3.02. The zero-order chi connectivity index (χ0) is 13.2. The van der Waals surface area contributed by atoms with Gasteiger partial charge < -0.3 is 5.32 Å². The van der Waals surface area contributed by atoms with Gasteiger partial charge in [0.15, 0.2) is 0 Å². The fraction of sp³-hybridized carbons (Fsp3) is 1.00. The first-order valence-electron chi connectivity index (χ1n) is 7.22. The fourth-order valence-corrected chi connectivity index (χ4v) is 4.69. The molecule has 1 N–H and O–H groups in total. The molecule has 1 aliphatic heterocycles. The molecule has 4 nitrogen and oxygen atoms in total. The lowest BCUT2D eigenvalue weighted by Gasteiger charge is -2.20. The van der Waals surface area contributed by atoms with Gasteiger partial charge in [0, 0.05) is 18.6 Å². The van der Waals surface area contributed by atoms with Crippen molar-refractivity contribution in [3.63, 3.8) is 0 Å². The van der Waals surface area contributed by atoms with E-state index < -0.39 is 10.0 Å². The van der Waals surface area contributed by atoms with Crippen LogP contribution in [0.25, 0.3) is 0 Å². The lowest BCUT2D eigenvalue weighted by atomic mass is 10.1. The Hall–Kier alpha value is -0.130. The molecule has 0 aromatic rings. The van der Waals surface area contributed by atoms with Crippen molar-refractivity contribution in [1.29, 1.82) is 0 Å². The maximum Gasteiger partial charge on any atom is 0.214 e. The van der Waals surface area contributed by atoms with Crippen LogP contribution in [-0.4, -0.2) is 43.6 Å². The van der Waals surface area contributed by atoms with E-state index in [-0.39, 0.29) is 6.04 Å². The van der Waals surface area contributed by atoms with Crippen LogP contribution in [0.5, 0.6) is 0 Å². The minimum Gasteiger partial charge on any atom is -0.314 e. The van der Waals surface area contributed by atoms with E-state index in [2.05, 4.69) is 12.2 Å². The average molecular weight is 274 g/mol. The number of hydrogen-bond acceptors (Lipinski definition) is 3. The highest BCUT2D eigenvalue weighted by molar-refractivity contribution is 7.89. The first kappa shape index (κ1) is 14.3. The maximum absolute atomic E-state index is 12.2. The lowest BCUT2D eigenvalue weighted by molar-refractivity contribution is 0.404. The monoisotopic (exact) mass is 274 g/mol. The van der Waals surface area contributed by atoms with Crippen LogP contribution < -0.4 is 5.32 Å². The Kier molecular flexibility index (Phi) is 4.67. The molecule has 18 heavy (non-hydrogen) atoms. The molecule has 1 aliphatic carbocycles. The van der Waals surface area contributed by atoms with E-state index in [1.165, 1.54) is 12.8 Å². The van der Waals surface area contributed by atoms with Crippen LogP contribution in [0.3, 0.4) is 0 Å². The summed E-state index contributed by atoms with van der Waals surface area (Å²) >= 11 is 0. The zero-order valence-electron chi connectivity index (χ0n) is 11.6. The van der Waals surface area contributed by atoms with Crippen molar-refractivity contribution in [1.82, 2.24) is 9.62 Å². The van der Waals surface area contributed by atoms with Gasteiger partial charge in [-0.1, -0.05) is 6.92 Å². The molecule has 1 saturated heterocycles. The Morgan fingerprint density at radius 2 is 1.94 bits per heavy atom. The molecule has 1 heterocycles. The Labute approximate surface area is 111 Å². The van der Waals surface area contributed by atoms with Gasteiger partial charge in [-0.15, -0.1) is 0 Å². The quantitative estimate of drug-likeness (QED) is 0.717. The molecule has 0 spiro atoms. The van der Waals surface area contributed by atoms with Crippen molar-refractivity contribution in [2.75, 3.05) is 18.8 Å². The molecule has 106 valence electrons. The topological polar surface area (TPSA) is 49.4 Å². The van der Waals surface area contributed by atoms with Gasteiger partial charge >= 0.3 is 0 Å². The number of nitrogens with zero attached hydrogens (tertiary/aromatic N) is 1. The second-order valence-corrected chi connectivity index (χ2v) is 8.05. The molecule has 1 saturated carbocycles. The Morgan fingerprint density at radius 1 is 1.22 bits per heavy atom. The highest BCUT2D eigenvalue weighted by atomic mass is 32.2. The van der Waals surface area contributed by atoms with Gasteiger partial charge in [-0.2, -0.15) is 4.31 Å². The molecule has 2 unspecified atom stereocenters. The molecule has 0 aromatic carbocycles. The molecule has 0 aromatic heterocycles. The standard InChI is InChI=1S/C13H26N2O2S/c1-11-9-12(2)15(10-11)18(16,17)8-4-3-7-14-13-5-6-13/h11-14H,3-10H2,1-2H3. The van der Waals surface area contributed by atoms with E-state index in [0.29, 0.717) is 18.2 Å². The van der Waals surface area contributed by atoms with Crippen LogP contribution in [-0.2, 0) is 10.0 Å². The second-order valence-electron chi connectivity index (χ2n) is 6.01. The lowest BCUT2D eigenvalue weighted by Crippen LogP contribution is -2.36. The molecule has 0 bridgehead atoms. The number of rotatable bonds is 7. The smallest absolute Gasteiger partial charge is 0.214 e. The van der Waals surface area contributed by atoms with Crippen molar-refractivity contribution < 1.29 is 8.42 Å². The van der Waals surface area contributed by atoms with Gasteiger partial charge in [-0.05, 0) is 51.5 Å². The van der Waals surface area contributed by atoms with E-state index in [0.717, 1.165) is 31.8 Å². The van der Waals surface area contributed by atoms with Crippen molar-refractivity contribution >= 4 is 10.0 Å². The largest absolute Gasteiger partial charge is 0.314 e. The van der Waals surface area contributed by atoms with Crippen LogP contribution in [0, 0.1) is 5.92 Å². The summed E-state index contributed by atoms with van der Waals surface area (Å²) in [6, 6.07) is 0.913. The first-order chi connectivity index (χ1) is 8.49. The van der Waals surface area contributed by atoms with Gasteiger partial charge in [-0.3, -0.25) is 0 Å². The summed E-state index contributed by atoms with van der Waals surface area (Å²) in [5.74, 6) is 0.822. The fourth-order valence-electron chi connectivity index (χ4n) is 2.77. The van der Waals surface area contributed by atoms with Gasteiger partial charge in [0.25, 0.3) is 0 Å². The first-order valence-corrected chi connectivity index (χ1v) is 8.83. The molecule has 0 amide bonds. The van der Waals surface area contributed by atoms with E-state index in [1.54, 1.807) is 4.31 Å². The van der Waals surface area contributed by atoms with Gasteiger partial charge in [-0.25, -0.2) is 8.42 Å².